The lowest BCUT2D eigenvalue weighted by Crippen LogP contribution is -2.44. The van der Waals surface area contributed by atoms with Crippen molar-refractivity contribution in [1.82, 2.24) is 25.7 Å². The summed E-state index contributed by atoms with van der Waals surface area (Å²) in [5.41, 5.74) is 1.48. The fraction of sp³-hybridized carbons (Fsp3) is 0.714. The summed E-state index contributed by atoms with van der Waals surface area (Å²) < 4.78 is 0. The van der Waals surface area contributed by atoms with Crippen molar-refractivity contribution in [2.24, 2.45) is 0 Å². The fourth-order valence-electron chi connectivity index (χ4n) is 2.28. The van der Waals surface area contributed by atoms with Gasteiger partial charge >= 0.3 is 0 Å². The standard InChI is InChI=1S/C14H25N5O.ClH/c1-11(2)12-10-13(18-17-12)14(20)16-4-3-7-19-8-5-15-6-9-19;/h10-11,15H,3-9H2,1-2H3,(H,16,20)(H,17,18);1H. The third kappa shape index (κ3) is 5.65. The van der Waals surface area contributed by atoms with Crippen molar-refractivity contribution < 1.29 is 4.79 Å². The number of carbonyl (C=O) groups is 1. The quantitative estimate of drug-likeness (QED) is 0.684. The number of aromatic amines is 1. The molecule has 0 bridgehead atoms. The van der Waals surface area contributed by atoms with Crippen molar-refractivity contribution in [3.63, 3.8) is 0 Å². The van der Waals surface area contributed by atoms with Gasteiger partial charge in [0, 0.05) is 38.4 Å². The largest absolute Gasteiger partial charge is 0.351 e. The van der Waals surface area contributed by atoms with E-state index in [1.807, 2.05) is 6.07 Å². The molecule has 1 amide bonds. The monoisotopic (exact) mass is 315 g/mol. The Labute approximate surface area is 132 Å². The summed E-state index contributed by atoms with van der Waals surface area (Å²) in [5.74, 6) is 0.269. The number of piperazine rings is 1. The zero-order chi connectivity index (χ0) is 14.4. The summed E-state index contributed by atoms with van der Waals surface area (Å²) in [6.07, 6.45) is 0.979. The Morgan fingerprint density at radius 1 is 1.43 bits per heavy atom. The number of carbonyl (C=O) groups excluding carboxylic acids is 1. The number of hydrogen-bond acceptors (Lipinski definition) is 4. The van der Waals surface area contributed by atoms with E-state index in [0.29, 0.717) is 18.2 Å². The van der Waals surface area contributed by atoms with Gasteiger partial charge < -0.3 is 15.5 Å². The minimum Gasteiger partial charge on any atom is -0.351 e. The lowest BCUT2D eigenvalue weighted by atomic mass is 10.1. The maximum atomic E-state index is 11.9. The van der Waals surface area contributed by atoms with Crippen LogP contribution in [0.4, 0.5) is 0 Å². The predicted molar refractivity (Wildman–Crippen MR) is 86.2 cm³/mol. The minimum absolute atomic E-state index is 0. The van der Waals surface area contributed by atoms with Crippen LogP contribution in [0.1, 0.15) is 42.4 Å². The second-order valence-corrected chi connectivity index (χ2v) is 5.56. The topological polar surface area (TPSA) is 73.1 Å². The first-order valence-electron chi connectivity index (χ1n) is 7.43. The molecule has 2 heterocycles. The zero-order valence-corrected chi connectivity index (χ0v) is 13.6. The molecule has 21 heavy (non-hydrogen) atoms. The van der Waals surface area contributed by atoms with Gasteiger partial charge in [0.1, 0.15) is 5.69 Å². The highest BCUT2D eigenvalue weighted by molar-refractivity contribution is 5.92. The van der Waals surface area contributed by atoms with Crippen molar-refractivity contribution in [1.29, 1.82) is 0 Å². The second-order valence-electron chi connectivity index (χ2n) is 5.56. The lowest BCUT2D eigenvalue weighted by Gasteiger charge is -2.26. The molecule has 0 spiro atoms. The third-order valence-corrected chi connectivity index (χ3v) is 3.60. The van der Waals surface area contributed by atoms with Gasteiger partial charge in [0.05, 0.1) is 0 Å². The SMILES string of the molecule is CC(C)c1cc(C(=O)NCCCN2CCNCC2)n[nH]1.Cl. The van der Waals surface area contributed by atoms with Crippen LogP contribution in [0.25, 0.3) is 0 Å². The number of rotatable bonds is 6. The molecule has 120 valence electrons. The highest BCUT2D eigenvalue weighted by atomic mass is 35.5. The average molecular weight is 316 g/mol. The van der Waals surface area contributed by atoms with Crippen LogP contribution in [0.15, 0.2) is 6.07 Å². The van der Waals surface area contributed by atoms with E-state index in [1.54, 1.807) is 0 Å². The first kappa shape index (κ1) is 17.9. The molecule has 1 aromatic rings. The molecule has 6 nitrogen and oxygen atoms in total. The van der Waals surface area contributed by atoms with Crippen LogP contribution in [0, 0.1) is 0 Å². The van der Waals surface area contributed by atoms with E-state index >= 15 is 0 Å². The number of aromatic nitrogens is 2. The molecule has 0 atom stereocenters. The minimum atomic E-state index is -0.0894. The molecular weight excluding hydrogens is 290 g/mol. The number of H-pyrrole nitrogens is 1. The van der Waals surface area contributed by atoms with E-state index in [0.717, 1.165) is 44.8 Å². The smallest absolute Gasteiger partial charge is 0.271 e. The summed E-state index contributed by atoms with van der Waals surface area (Å²) in [6.45, 7) is 10.2. The van der Waals surface area contributed by atoms with Gasteiger partial charge in [0.25, 0.3) is 5.91 Å². The number of nitrogens with zero attached hydrogens (tertiary/aromatic N) is 2. The molecule has 1 aliphatic heterocycles. The van der Waals surface area contributed by atoms with Crippen LogP contribution in [-0.4, -0.2) is 60.3 Å². The van der Waals surface area contributed by atoms with Crippen LogP contribution in [0.3, 0.4) is 0 Å². The highest BCUT2D eigenvalue weighted by Crippen LogP contribution is 2.11. The number of amides is 1. The molecule has 0 aliphatic carbocycles. The number of nitrogens with one attached hydrogen (secondary N) is 3. The van der Waals surface area contributed by atoms with Gasteiger partial charge in [-0.05, 0) is 24.9 Å². The van der Waals surface area contributed by atoms with Crippen LogP contribution < -0.4 is 10.6 Å². The van der Waals surface area contributed by atoms with Crippen LogP contribution in [0.2, 0.25) is 0 Å². The first-order valence-corrected chi connectivity index (χ1v) is 7.43. The summed E-state index contributed by atoms with van der Waals surface area (Å²) in [4.78, 5) is 14.3. The van der Waals surface area contributed by atoms with Crippen LogP contribution in [-0.2, 0) is 0 Å². The predicted octanol–water partition coefficient (Wildman–Crippen LogP) is 0.980. The first-order chi connectivity index (χ1) is 9.66. The van der Waals surface area contributed by atoms with E-state index in [1.165, 1.54) is 0 Å². The maximum Gasteiger partial charge on any atom is 0.271 e. The van der Waals surface area contributed by atoms with Crippen LogP contribution in [0.5, 0.6) is 0 Å². The Balaban J connectivity index is 0.00000220. The summed E-state index contributed by atoms with van der Waals surface area (Å²) in [5, 5.41) is 13.2. The van der Waals surface area contributed by atoms with Gasteiger partial charge in [0.2, 0.25) is 0 Å². The maximum absolute atomic E-state index is 11.9. The summed E-state index contributed by atoms with van der Waals surface area (Å²) in [6, 6.07) is 1.83. The van der Waals surface area contributed by atoms with Gasteiger partial charge in [-0.15, -0.1) is 12.4 Å². The molecule has 2 rings (SSSR count). The van der Waals surface area contributed by atoms with E-state index in [4.69, 9.17) is 0 Å². The average Bonchev–Trinajstić information content (AvgIpc) is 2.94. The lowest BCUT2D eigenvalue weighted by molar-refractivity contribution is 0.0946. The van der Waals surface area contributed by atoms with E-state index in [-0.39, 0.29) is 18.3 Å². The van der Waals surface area contributed by atoms with Crippen molar-refractivity contribution in [3.05, 3.63) is 17.5 Å². The number of halogens is 1. The Morgan fingerprint density at radius 3 is 2.76 bits per heavy atom. The molecule has 0 unspecified atom stereocenters. The van der Waals surface area contributed by atoms with Gasteiger partial charge in [-0.1, -0.05) is 13.8 Å². The number of hydrogen-bond donors (Lipinski definition) is 3. The second kappa shape index (κ2) is 9.02. The molecule has 1 fully saturated rings. The van der Waals surface area contributed by atoms with Gasteiger partial charge in [-0.3, -0.25) is 9.89 Å². The molecule has 7 heteroatoms. The van der Waals surface area contributed by atoms with Crippen molar-refractivity contribution in [2.75, 3.05) is 39.3 Å². The molecule has 0 aromatic carbocycles. The van der Waals surface area contributed by atoms with Gasteiger partial charge in [-0.2, -0.15) is 5.10 Å². The summed E-state index contributed by atoms with van der Waals surface area (Å²) >= 11 is 0. The third-order valence-electron chi connectivity index (χ3n) is 3.60. The van der Waals surface area contributed by atoms with Gasteiger partial charge in [0.15, 0.2) is 0 Å². The summed E-state index contributed by atoms with van der Waals surface area (Å²) in [7, 11) is 0. The highest BCUT2D eigenvalue weighted by Gasteiger charge is 2.12. The Kier molecular flexibility index (Phi) is 7.71. The Morgan fingerprint density at radius 2 is 2.14 bits per heavy atom. The molecule has 3 N–H and O–H groups in total. The van der Waals surface area contributed by atoms with Gasteiger partial charge in [-0.25, -0.2) is 0 Å². The van der Waals surface area contributed by atoms with Crippen molar-refractivity contribution in [3.8, 4) is 0 Å². The van der Waals surface area contributed by atoms with E-state index in [2.05, 4.69) is 39.6 Å². The molecular formula is C14H26ClN5O. The molecule has 1 saturated heterocycles. The molecule has 0 radical (unpaired) electrons. The Hall–Kier alpha value is -1.11. The van der Waals surface area contributed by atoms with Crippen LogP contribution >= 0.6 is 12.4 Å². The molecule has 1 aromatic heterocycles. The normalized spacial score (nSPS) is 15.8. The van der Waals surface area contributed by atoms with E-state index < -0.39 is 0 Å². The fourth-order valence-corrected chi connectivity index (χ4v) is 2.28. The van der Waals surface area contributed by atoms with Crippen molar-refractivity contribution >= 4 is 18.3 Å². The molecule has 0 saturated carbocycles. The Bertz CT molecular complexity index is 429. The van der Waals surface area contributed by atoms with Crippen molar-refractivity contribution in [2.45, 2.75) is 26.2 Å². The zero-order valence-electron chi connectivity index (χ0n) is 12.8. The van der Waals surface area contributed by atoms with E-state index in [9.17, 15) is 4.79 Å². The molecule has 1 aliphatic rings.